The van der Waals surface area contributed by atoms with Gasteiger partial charge in [0.25, 0.3) is 0 Å². The summed E-state index contributed by atoms with van der Waals surface area (Å²) in [6.45, 7) is 12.5. The summed E-state index contributed by atoms with van der Waals surface area (Å²) in [5, 5.41) is 0.297. The summed E-state index contributed by atoms with van der Waals surface area (Å²) in [6.07, 6.45) is 9.85. The largest absolute Gasteiger partial charge is 0.467 e. The third-order valence-corrected chi connectivity index (χ3v) is 13.9. The van der Waals surface area contributed by atoms with Gasteiger partial charge < -0.3 is 8.84 Å². The predicted octanol–water partition coefficient (Wildman–Crippen LogP) is 8.16. The average molecular weight is 492 g/mol. The molecule has 0 amide bonds. The van der Waals surface area contributed by atoms with E-state index in [0.29, 0.717) is 5.04 Å². The van der Waals surface area contributed by atoms with Crippen molar-refractivity contribution in [2.45, 2.75) is 75.1 Å². The minimum absolute atomic E-state index is 0.0303. The van der Waals surface area contributed by atoms with Gasteiger partial charge in [-0.15, -0.1) is 23.5 Å². The van der Waals surface area contributed by atoms with Gasteiger partial charge in [-0.05, 0) is 71.9 Å². The van der Waals surface area contributed by atoms with Crippen LogP contribution in [-0.4, -0.2) is 26.4 Å². The van der Waals surface area contributed by atoms with E-state index in [1.54, 1.807) is 6.26 Å². The van der Waals surface area contributed by atoms with Crippen LogP contribution < -0.4 is 0 Å². The molecule has 27 heavy (non-hydrogen) atoms. The van der Waals surface area contributed by atoms with Crippen LogP contribution >= 0.6 is 39.5 Å². The first-order chi connectivity index (χ1) is 12.7. The lowest BCUT2D eigenvalue weighted by atomic mass is 10.2. The Labute approximate surface area is 183 Å². The van der Waals surface area contributed by atoms with E-state index < -0.39 is 8.32 Å². The van der Waals surface area contributed by atoms with E-state index in [9.17, 15) is 0 Å². The molecule has 2 rings (SSSR count). The molecule has 154 valence electrons. The van der Waals surface area contributed by atoms with Crippen LogP contribution in [0.15, 0.2) is 33.4 Å². The van der Waals surface area contributed by atoms with Crippen LogP contribution in [0.5, 0.6) is 0 Å². The number of allylic oxidation sites excluding steroid dienone is 2. The lowest BCUT2D eigenvalue weighted by molar-refractivity contribution is 0.279. The normalized spacial score (nSPS) is 18.7. The first-order valence-corrected chi connectivity index (χ1v) is 15.6. The van der Waals surface area contributed by atoms with E-state index in [2.05, 4.69) is 61.9 Å². The summed E-state index contributed by atoms with van der Waals surface area (Å²) in [5.74, 6) is 3.52. The summed E-state index contributed by atoms with van der Waals surface area (Å²) in [7, 11) is -1.60. The standard InChI is InChI=1S/C21H35BrO2S2Si/c1-20(2,3)27(4,5)24-14-8-6-7-11-18(22)17-21(19-12-9-13-23-19)25-15-10-16-26-21/h9,11-13H,6-8,10,14-17H2,1-5H3. The Balaban J connectivity index is 1.78. The molecule has 0 radical (unpaired) electrons. The molecule has 1 aliphatic heterocycles. The molecular formula is C21H35BrO2S2Si. The molecule has 0 atom stereocenters. The van der Waals surface area contributed by atoms with Crippen LogP contribution in [0, 0.1) is 0 Å². The summed E-state index contributed by atoms with van der Waals surface area (Å²) >= 11 is 7.89. The van der Waals surface area contributed by atoms with Crippen molar-refractivity contribution in [3.8, 4) is 0 Å². The summed E-state index contributed by atoms with van der Waals surface area (Å²) in [6, 6.07) is 4.14. The van der Waals surface area contributed by atoms with Gasteiger partial charge in [-0.1, -0.05) is 42.8 Å². The zero-order valence-electron chi connectivity index (χ0n) is 17.5. The highest BCUT2D eigenvalue weighted by molar-refractivity contribution is 9.11. The van der Waals surface area contributed by atoms with Crippen molar-refractivity contribution >= 4 is 47.8 Å². The number of furan rings is 1. The number of rotatable bonds is 9. The zero-order chi connectivity index (χ0) is 20.0. The van der Waals surface area contributed by atoms with Crippen molar-refractivity contribution in [1.29, 1.82) is 0 Å². The highest BCUT2D eigenvalue weighted by Gasteiger charge is 2.39. The molecule has 0 bridgehead atoms. The smallest absolute Gasteiger partial charge is 0.191 e. The van der Waals surface area contributed by atoms with Crippen molar-refractivity contribution in [3.63, 3.8) is 0 Å². The molecule has 0 unspecified atom stereocenters. The number of thioether (sulfide) groups is 2. The zero-order valence-corrected chi connectivity index (χ0v) is 21.7. The first kappa shape index (κ1) is 23.7. The molecule has 0 saturated carbocycles. The third kappa shape index (κ3) is 6.98. The Morgan fingerprint density at radius 2 is 2.00 bits per heavy atom. The molecule has 1 aromatic rings. The fourth-order valence-corrected chi connectivity index (χ4v) is 8.14. The molecule has 0 aliphatic carbocycles. The molecule has 0 N–H and O–H groups in total. The van der Waals surface area contributed by atoms with Crippen LogP contribution in [-0.2, 0) is 8.51 Å². The van der Waals surface area contributed by atoms with E-state index in [1.165, 1.54) is 28.8 Å². The lowest BCUT2D eigenvalue weighted by Crippen LogP contribution is -2.40. The molecule has 1 aliphatic rings. The van der Waals surface area contributed by atoms with Crippen LogP contribution in [0.1, 0.15) is 58.6 Å². The van der Waals surface area contributed by atoms with Gasteiger partial charge in [0.2, 0.25) is 0 Å². The number of hydrogen-bond acceptors (Lipinski definition) is 4. The fourth-order valence-electron chi connectivity index (χ4n) is 2.74. The molecule has 0 aromatic carbocycles. The van der Waals surface area contributed by atoms with Crippen molar-refractivity contribution in [3.05, 3.63) is 34.7 Å². The Bertz CT molecular complexity index is 588. The highest BCUT2D eigenvalue weighted by Crippen LogP contribution is 2.54. The Morgan fingerprint density at radius 3 is 2.59 bits per heavy atom. The van der Waals surface area contributed by atoms with Gasteiger partial charge >= 0.3 is 0 Å². The molecule has 6 heteroatoms. The quantitative estimate of drug-likeness (QED) is 0.257. The van der Waals surface area contributed by atoms with E-state index in [1.807, 2.05) is 29.6 Å². The number of unbranched alkanes of at least 4 members (excludes halogenated alkanes) is 2. The highest BCUT2D eigenvalue weighted by atomic mass is 79.9. The first-order valence-electron chi connectivity index (χ1n) is 9.97. The van der Waals surface area contributed by atoms with E-state index in [-0.39, 0.29) is 4.08 Å². The van der Waals surface area contributed by atoms with Gasteiger partial charge in [-0.3, -0.25) is 0 Å². The van der Waals surface area contributed by atoms with Gasteiger partial charge in [-0.2, -0.15) is 0 Å². The molecular weight excluding hydrogens is 456 g/mol. The molecule has 1 fully saturated rings. The predicted molar refractivity (Wildman–Crippen MR) is 129 cm³/mol. The number of halogens is 1. The fraction of sp³-hybridized carbons (Fsp3) is 0.714. The number of hydrogen-bond donors (Lipinski definition) is 0. The van der Waals surface area contributed by atoms with Crippen molar-refractivity contribution in [2.75, 3.05) is 18.1 Å². The van der Waals surface area contributed by atoms with Gasteiger partial charge in [0.15, 0.2) is 8.32 Å². The topological polar surface area (TPSA) is 22.4 Å². The van der Waals surface area contributed by atoms with Crippen LogP contribution in [0.4, 0.5) is 0 Å². The van der Waals surface area contributed by atoms with Crippen molar-refractivity contribution < 1.29 is 8.84 Å². The Morgan fingerprint density at radius 1 is 1.30 bits per heavy atom. The summed E-state index contributed by atoms with van der Waals surface area (Å²) < 4.78 is 13.4. The maximum Gasteiger partial charge on any atom is 0.191 e. The monoisotopic (exact) mass is 490 g/mol. The second-order valence-corrected chi connectivity index (χ2v) is 17.6. The van der Waals surface area contributed by atoms with Crippen LogP contribution in [0.3, 0.4) is 0 Å². The minimum Gasteiger partial charge on any atom is -0.467 e. The lowest BCUT2D eigenvalue weighted by Gasteiger charge is -2.36. The average Bonchev–Trinajstić information content (AvgIpc) is 3.13. The van der Waals surface area contributed by atoms with Crippen molar-refractivity contribution in [2.24, 2.45) is 0 Å². The summed E-state index contributed by atoms with van der Waals surface area (Å²) in [4.78, 5) is 0. The molecule has 2 nitrogen and oxygen atoms in total. The van der Waals surface area contributed by atoms with E-state index in [0.717, 1.165) is 31.6 Å². The maximum atomic E-state index is 6.27. The van der Waals surface area contributed by atoms with Gasteiger partial charge in [0.1, 0.15) is 9.84 Å². The van der Waals surface area contributed by atoms with Crippen LogP contribution in [0.25, 0.3) is 0 Å². The molecule has 2 heterocycles. The minimum atomic E-state index is -1.60. The second kappa shape index (κ2) is 10.4. The SMILES string of the molecule is CC(C)(C)[Si](C)(C)OCCCCC=C(Br)CC1(c2ccco2)SCCCS1. The van der Waals surface area contributed by atoms with Crippen LogP contribution in [0.2, 0.25) is 18.1 Å². The molecule has 0 spiro atoms. The second-order valence-electron chi connectivity index (χ2n) is 8.71. The van der Waals surface area contributed by atoms with Gasteiger partial charge in [0.05, 0.1) is 6.26 Å². The molecule has 1 saturated heterocycles. The van der Waals surface area contributed by atoms with E-state index in [4.69, 9.17) is 8.84 Å². The Hall–Kier alpha value is 0.377. The maximum absolute atomic E-state index is 6.27. The molecule has 1 aromatic heterocycles. The van der Waals surface area contributed by atoms with Gasteiger partial charge in [0, 0.05) is 13.0 Å². The third-order valence-electron chi connectivity index (χ3n) is 5.49. The Kier molecular flexibility index (Phi) is 9.13. The van der Waals surface area contributed by atoms with Gasteiger partial charge in [-0.25, -0.2) is 0 Å². The summed E-state index contributed by atoms with van der Waals surface area (Å²) in [5.41, 5.74) is 0. The van der Waals surface area contributed by atoms with E-state index >= 15 is 0 Å². The van der Waals surface area contributed by atoms with Crippen molar-refractivity contribution in [1.82, 2.24) is 0 Å².